The summed E-state index contributed by atoms with van der Waals surface area (Å²) >= 11 is 6.02. The zero-order valence-corrected chi connectivity index (χ0v) is 14.8. The highest BCUT2D eigenvalue weighted by molar-refractivity contribution is 6.33. The van der Waals surface area contributed by atoms with Gasteiger partial charge in [0, 0.05) is 23.7 Å². The van der Waals surface area contributed by atoms with Crippen molar-refractivity contribution >= 4 is 34.8 Å². The first-order valence-electron chi connectivity index (χ1n) is 7.71. The van der Waals surface area contributed by atoms with Crippen LogP contribution in [0.3, 0.4) is 0 Å². The lowest BCUT2D eigenvalue weighted by atomic mass is 10.1. The number of nitrogens with zero attached hydrogens (tertiary/aromatic N) is 2. The third-order valence-electron chi connectivity index (χ3n) is 3.46. The summed E-state index contributed by atoms with van der Waals surface area (Å²) in [6.45, 7) is 3.12. The van der Waals surface area contributed by atoms with Crippen LogP contribution in [0, 0.1) is 6.92 Å². The molecule has 0 unspecified atom stereocenters. The van der Waals surface area contributed by atoms with Gasteiger partial charge in [-0.05, 0) is 49.4 Å². The van der Waals surface area contributed by atoms with E-state index in [1.807, 2.05) is 0 Å². The SMILES string of the molecule is CC(=O)Nc1cc(NC(=O)c2ccc(-c3nc(C)no3)cc2)ccc1Cl. The number of halogens is 1. The summed E-state index contributed by atoms with van der Waals surface area (Å²) in [4.78, 5) is 27.7. The zero-order valence-electron chi connectivity index (χ0n) is 14.0. The van der Waals surface area contributed by atoms with Gasteiger partial charge < -0.3 is 15.2 Å². The molecular weight excluding hydrogens is 356 g/mol. The van der Waals surface area contributed by atoms with E-state index in [0.29, 0.717) is 33.7 Å². The summed E-state index contributed by atoms with van der Waals surface area (Å²) in [7, 11) is 0. The maximum absolute atomic E-state index is 12.4. The Balaban J connectivity index is 1.75. The molecule has 0 radical (unpaired) electrons. The van der Waals surface area contributed by atoms with Crippen molar-refractivity contribution in [3.05, 3.63) is 58.9 Å². The van der Waals surface area contributed by atoms with Crippen LogP contribution in [0.5, 0.6) is 0 Å². The van der Waals surface area contributed by atoms with Crippen LogP contribution in [0.1, 0.15) is 23.1 Å². The van der Waals surface area contributed by atoms with Crippen molar-refractivity contribution in [2.24, 2.45) is 0 Å². The lowest BCUT2D eigenvalue weighted by molar-refractivity contribution is -0.114. The second-order valence-corrected chi connectivity index (χ2v) is 5.96. The molecule has 0 fully saturated rings. The average molecular weight is 371 g/mol. The van der Waals surface area contributed by atoms with Crippen LogP contribution >= 0.6 is 11.6 Å². The van der Waals surface area contributed by atoms with Gasteiger partial charge in [0.15, 0.2) is 5.82 Å². The standard InChI is InChI=1S/C18H15ClN4O3/c1-10-20-18(26-23-10)13-5-3-12(4-6-13)17(25)22-14-7-8-15(19)16(9-14)21-11(2)24/h3-9H,1-2H3,(H,21,24)(H,22,25). The van der Waals surface area contributed by atoms with E-state index in [0.717, 1.165) is 5.56 Å². The summed E-state index contributed by atoms with van der Waals surface area (Å²) in [6, 6.07) is 11.6. The predicted octanol–water partition coefficient (Wildman–Crippen LogP) is 3.91. The number of carbonyl (C=O) groups is 2. The largest absolute Gasteiger partial charge is 0.334 e. The van der Waals surface area contributed by atoms with E-state index < -0.39 is 0 Å². The molecule has 0 saturated heterocycles. The van der Waals surface area contributed by atoms with Crippen molar-refractivity contribution in [2.45, 2.75) is 13.8 Å². The summed E-state index contributed by atoms with van der Waals surface area (Å²) in [5.74, 6) is 0.392. The van der Waals surface area contributed by atoms with E-state index >= 15 is 0 Å². The summed E-state index contributed by atoms with van der Waals surface area (Å²) in [5.41, 5.74) is 2.13. The molecule has 2 N–H and O–H groups in total. The molecule has 1 aromatic heterocycles. The lowest BCUT2D eigenvalue weighted by Crippen LogP contribution is -2.12. The predicted molar refractivity (Wildman–Crippen MR) is 98.2 cm³/mol. The number of nitrogens with one attached hydrogen (secondary N) is 2. The molecular formula is C18H15ClN4O3. The first kappa shape index (κ1) is 17.6. The minimum absolute atomic E-state index is 0.248. The van der Waals surface area contributed by atoms with Gasteiger partial charge in [0.25, 0.3) is 11.8 Å². The Labute approximate surface area is 154 Å². The van der Waals surface area contributed by atoms with Crippen molar-refractivity contribution in [1.29, 1.82) is 0 Å². The molecule has 26 heavy (non-hydrogen) atoms. The van der Waals surface area contributed by atoms with Gasteiger partial charge in [0.2, 0.25) is 5.91 Å². The molecule has 0 aliphatic carbocycles. The fourth-order valence-corrected chi connectivity index (χ4v) is 2.44. The molecule has 132 valence electrons. The summed E-state index contributed by atoms with van der Waals surface area (Å²) in [5, 5.41) is 9.49. The quantitative estimate of drug-likeness (QED) is 0.725. The van der Waals surface area contributed by atoms with Crippen LogP contribution in [-0.4, -0.2) is 22.0 Å². The van der Waals surface area contributed by atoms with E-state index in [9.17, 15) is 9.59 Å². The van der Waals surface area contributed by atoms with Crippen LogP contribution in [0.2, 0.25) is 5.02 Å². The molecule has 0 bridgehead atoms. The third-order valence-corrected chi connectivity index (χ3v) is 3.79. The van der Waals surface area contributed by atoms with E-state index in [1.54, 1.807) is 49.4 Å². The molecule has 0 saturated carbocycles. The Kier molecular flexibility index (Phi) is 4.99. The molecule has 3 aromatic rings. The number of hydrogen-bond donors (Lipinski definition) is 2. The van der Waals surface area contributed by atoms with Gasteiger partial charge in [0.05, 0.1) is 10.7 Å². The van der Waals surface area contributed by atoms with Gasteiger partial charge in [0.1, 0.15) is 0 Å². The van der Waals surface area contributed by atoms with Gasteiger partial charge in [-0.1, -0.05) is 16.8 Å². The normalized spacial score (nSPS) is 10.4. The van der Waals surface area contributed by atoms with Crippen LogP contribution in [-0.2, 0) is 4.79 Å². The maximum Gasteiger partial charge on any atom is 0.257 e. The Morgan fingerprint density at radius 3 is 2.42 bits per heavy atom. The lowest BCUT2D eigenvalue weighted by Gasteiger charge is -2.10. The van der Waals surface area contributed by atoms with Gasteiger partial charge in [-0.2, -0.15) is 4.98 Å². The molecule has 0 spiro atoms. The third kappa shape index (κ3) is 4.07. The monoisotopic (exact) mass is 370 g/mol. The van der Waals surface area contributed by atoms with Gasteiger partial charge in [-0.3, -0.25) is 9.59 Å². The maximum atomic E-state index is 12.4. The Morgan fingerprint density at radius 1 is 1.08 bits per heavy atom. The zero-order chi connectivity index (χ0) is 18.7. The fourth-order valence-electron chi connectivity index (χ4n) is 2.27. The van der Waals surface area contributed by atoms with Crippen LogP contribution in [0.25, 0.3) is 11.5 Å². The number of carbonyl (C=O) groups excluding carboxylic acids is 2. The molecule has 0 aliphatic rings. The molecule has 3 rings (SSSR count). The Bertz CT molecular complexity index is 967. The number of aromatic nitrogens is 2. The number of rotatable bonds is 4. The molecule has 0 atom stereocenters. The van der Waals surface area contributed by atoms with E-state index in [2.05, 4.69) is 20.8 Å². The van der Waals surface area contributed by atoms with Crippen molar-refractivity contribution in [3.8, 4) is 11.5 Å². The molecule has 2 aromatic carbocycles. The number of aryl methyl sites for hydroxylation is 1. The second-order valence-electron chi connectivity index (χ2n) is 5.55. The second kappa shape index (κ2) is 7.37. The minimum Gasteiger partial charge on any atom is -0.334 e. The summed E-state index contributed by atoms with van der Waals surface area (Å²) < 4.78 is 5.09. The first-order valence-corrected chi connectivity index (χ1v) is 8.09. The highest BCUT2D eigenvalue weighted by atomic mass is 35.5. The van der Waals surface area contributed by atoms with E-state index in [-0.39, 0.29) is 11.8 Å². The smallest absolute Gasteiger partial charge is 0.257 e. The number of benzene rings is 2. The Hall–Kier alpha value is -3.19. The van der Waals surface area contributed by atoms with Crippen molar-refractivity contribution < 1.29 is 14.1 Å². The number of hydrogen-bond acceptors (Lipinski definition) is 5. The van der Waals surface area contributed by atoms with Crippen molar-refractivity contribution in [3.63, 3.8) is 0 Å². The van der Waals surface area contributed by atoms with E-state index in [1.165, 1.54) is 6.92 Å². The molecule has 7 nitrogen and oxygen atoms in total. The summed E-state index contributed by atoms with van der Waals surface area (Å²) in [6.07, 6.45) is 0. The van der Waals surface area contributed by atoms with E-state index in [4.69, 9.17) is 16.1 Å². The van der Waals surface area contributed by atoms with Crippen LogP contribution in [0.4, 0.5) is 11.4 Å². The minimum atomic E-state index is -0.297. The van der Waals surface area contributed by atoms with Gasteiger partial charge >= 0.3 is 0 Å². The van der Waals surface area contributed by atoms with Crippen molar-refractivity contribution in [1.82, 2.24) is 10.1 Å². The Morgan fingerprint density at radius 2 is 1.81 bits per heavy atom. The van der Waals surface area contributed by atoms with Crippen LogP contribution < -0.4 is 10.6 Å². The topological polar surface area (TPSA) is 97.1 Å². The average Bonchev–Trinajstić information content (AvgIpc) is 3.04. The highest BCUT2D eigenvalue weighted by Gasteiger charge is 2.11. The van der Waals surface area contributed by atoms with Crippen molar-refractivity contribution in [2.75, 3.05) is 10.6 Å². The molecule has 1 heterocycles. The molecule has 8 heteroatoms. The molecule has 0 aliphatic heterocycles. The number of anilines is 2. The van der Waals surface area contributed by atoms with Crippen LogP contribution in [0.15, 0.2) is 47.0 Å². The number of amides is 2. The van der Waals surface area contributed by atoms with Gasteiger partial charge in [-0.15, -0.1) is 0 Å². The molecule has 2 amide bonds. The fraction of sp³-hybridized carbons (Fsp3) is 0.111. The highest BCUT2D eigenvalue weighted by Crippen LogP contribution is 2.26. The van der Waals surface area contributed by atoms with Gasteiger partial charge in [-0.25, -0.2) is 0 Å². The first-order chi connectivity index (χ1) is 12.4.